The van der Waals surface area contributed by atoms with E-state index in [0.29, 0.717) is 6.61 Å². The van der Waals surface area contributed by atoms with Gasteiger partial charge in [-0.15, -0.1) is 6.42 Å². The highest BCUT2D eigenvalue weighted by Crippen LogP contribution is 2.12. The van der Waals surface area contributed by atoms with Gasteiger partial charge in [0.25, 0.3) is 0 Å². The van der Waals surface area contributed by atoms with Crippen molar-refractivity contribution in [1.29, 1.82) is 0 Å². The molecular weight excluding hydrogens is 354 g/mol. The molecule has 148 valence electrons. The first-order valence-electron chi connectivity index (χ1n) is 9.51. The summed E-state index contributed by atoms with van der Waals surface area (Å²) in [5.41, 5.74) is 2.22. The highest BCUT2D eigenvalue weighted by Gasteiger charge is 2.20. The van der Waals surface area contributed by atoms with E-state index in [-0.39, 0.29) is 0 Å². The minimum Gasteiger partial charge on any atom is -0.481 e. The van der Waals surface area contributed by atoms with Gasteiger partial charge in [-0.05, 0) is 24.1 Å². The summed E-state index contributed by atoms with van der Waals surface area (Å²) in [5.74, 6) is 4.22. The largest absolute Gasteiger partial charge is 0.481 e. The molecule has 1 aliphatic rings. The summed E-state index contributed by atoms with van der Waals surface area (Å²) in [6.45, 7) is 5.80. The molecule has 0 aliphatic carbocycles. The van der Waals surface area contributed by atoms with Crippen molar-refractivity contribution < 1.29 is 9.26 Å². The highest BCUT2D eigenvalue weighted by molar-refractivity contribution is 5.80. The Balaban J connectivity index is 1.39. The molecule has 2 aromatic rings. The zero-order valence-corrected chi connectivity index (χ0v) is 16.3. The lowest BCUT2D eigenvalue weighted by molar-refractivity contribution is 0.169. The molecule has 1 aromatic carbocycles. The van der Waals surface area contributed by atoms with Crippen LogP contribution in [0, 0.1) is 12.3 Å². The Morgan fingerprint density at radius 1 is 1.25 bits per heavy atom. The lowest BCUT2D eigenvalue weighted by Gasteiger charge is -2.36. The number of nitrogens with zero attached hydrogens (tertiary/aromatic N) is 4. The summed E-state index contributed by atoms with van der Waals surface area (Å²) < 4.78 is 10.3. The maximum Gasteiger partial charge on any atom is 0.193 e. The third-order valence-corrected chi connectivity index (χ3v) is 4.70. The number of terminal acetylenes is 1. The van der Waals surface area contributed by atoms with Crippen molar-refractivity contribution in [3.63, 3.8) is 0 Å². The Morgan fingerprint density at radius 2 is 2.04 bits per heavy atom. The van der Waals surface area contributed by atoms with Gasteiger partial charge in [0.15, 0.2) is 5.96 Å². The number of ether oxygens (including phenoxy) is 1. The zero-order chi connectivity index (χ0) is 19.6. The standard InChI is InChI=1S/C21H27N5O2/c1-3-15-27-20-6-4-18(5-7-20)8-10-23-21(22-2)26-13-11-25(12-14-26)17-19-9-16-28-24-19/h1,4-7,9,16H,8,10-15,17H2,2H3,(H,22,23). The van der Waals surface area contributed by atoms with Crippen LogP contribution in [0.5, 0.6) is 5.75 Å². The van der Waals surface area contributed by atoms with Gasteiger partial charge >= 0.3 is 0 Å². The number of aromatic nitrogens is 1. The predicted octanol–water partition coefficient (Wildman–Crippen LogP) is 1.62. The summed E-state index contributed by atoms with van der Waals surface area (Å²) >= 11 is 0. The number of piperazine rings is 1. The van der Waals surface area contributed by atoms with Crippen LogP contribution in [0.2, 0.25) is 0 Å². The van der Waals surface area contributed by atoms with Crippen molar-refractivity contribution in [2.24, 2.45) is 4.99 Å². The third-order valence-electron chi connectivity index (χ3n) is 4.70. The first kappa shape index (κ1) is 19.8. The summed E-state index contributed by atoms with van der Waals surface area (Å²) in [4.78, 5) is 9.12. The molecule has 1 saturated heterocycles. The van der Waals surface area contributed by atoms with Crippen LogP contribution in [0.3, 0.4) is 0 Å². The van der Waals surface area contributed by atoms with E-state index in [9.17, 15) is 0 Å². The zero-order valence-electron chi connectivity index (χ0n) is 16.3. The number of rotatable bonds is 7. The van der Waals surface area contributed by atoms with Crippen molar-refractivity contribution in [2.45, 2.75) is 13.0 Å². The summed E-state index contributed by atoms with van der Waals surface area (Å²) in [7, 11) is 1.84. The molecule has 0 spiro atoms. The van der Waals surface area contributed by atoms with E-state index >= 15 is 0 Å². The van der Waals surface area contributed by atoms with Gasteiger partial charge in [0.2, 0.25) is 0 Å². The van der Waals surface area contributed by atoms with E-state index in [1.165, 1.54) is 5.56 Å². The van der Waals surface area contributed by atoms with Gasteiger partial charge in [-0.3, -0.25) is 9.89 Å². The van der Waals surface area contributed by atoms with Crippen molar-refractivity contribution in [1.82, 2.24) is 20.3 Å². The molecule has 7 nitrogen and oxygen atoms in total. The van der Waals surface area contributed by atoms with Crippen molar-refractivity contribution in [3.8, 4) is 18.1 Å². The number of aliphatic imine (C=N–C) groups is 1. The molecule has 7 heteroatoms. The van der Waals surface area contributed by atoms with Crippen molar-refractivity contribution in [3.05, 3.63) is 47.9 Å². The maximum absolute atomic E-state index is 5.40. The lowest BCUT2D eigenvalue weighted by atomic mass is 10.1. The monoisotopic (exact) mass is 381 g/mol. The van der Waals surface area contributed by atoms with Crippen LogP contribution in [-0.2, 0) is 13.0 Å². The second kappa shape index (κ2) is 10.4. The van der Waals surface area contributed by atoms with E-state index < -0.39 is 0 Å². The van der Waals surface area contributed by atoms with Crippen LogP contribution in [-0.4, -0.2) is 67.3 Å². The molecular formula is C21H27N5O2. The van der Waals surface area contributed by atoms with E-state index in [4.69, 9.17) is 15.7 Å². The van der Waals surface area contributed by atoms with E-state index in [1.54, 1.807) is 6.26 Å². The second-order valence-electron chi connectivity index (χ2n) is 6.61. The Labute approximate surface area is 166 Å². The second-order valence-corrected chi connectivity index (χ2v) is 6.61. The number of hydrogen-bond donors (Lipinski definition) is 1. The first-order valence-corrected chi connectivity index (χ1v) is 9.51. The third kappa shape index (κ3) is 5.76. The number of guanidine groups is 1. The normalized spacial score (nSPS) is 15.3. The van der Waals surface area contributed by atoms with Crippen LogP contribution in [0.1, 0.15) is 11.3 Å². The Kier molecular flexibility index (Phi) is 7.33. The van der Waals surface area contributed by atoms with Crippen molar-refractivity contribution in [2.75, 3.05) is 46.4 Å². The van der Waals surface area contributed by atoms with Crippen LogP contribution in [0.15, 0.2) is 46.1 Å². The number of benzene rings is 1. The van der Waals surface area contributed by atoms with Crippen LogP contribution in [0.4, 0.5) is 0 Å². The lowest BCUT2D eigenvalue weighted by Crippen LogP contribution is -2.52. The van der Waals surface area contributed by atoms with Gasteiger partial charge in [0.05, 0.1) is 5.69 Å². The van der Waals surface area contributed by atoms with Gasteiger partial charge < -0.3 is 19.5 Å². The maximum atomic E-state index is 5.40. The molecule has 0 saturated carbocycles. The molecule has 0 atom stereocenters. The van der Waals surface area contributed by atoms with E-state index in [0.717, 1.165) is 63.1 Å². The van der Waals surface area contributed by atoms with Crippen LogP contribution >= 0.6 is 0 Å². The molecule has 2 heterocycles. The molecule has 28 heavy (non-hydrogen) atoms. The van der Waals surface area contributed by atoms with Gasteiger partial charge in [0.1, 0.15) is 18.6 Å². The average molecular weight is 381 g/mol. The number of nitrogens with one attached hydrogen (secondary N) is 1. The number of hydrogen-bond acceptors (Lipinski definition) is 5. The molecule has 0 amide bonds. The van der Waals surface area contributed by atoms with Crippen LogP contribution < -0.4 is 10.1 Å². The fraction of sp³-hybridized carbons (Fsp3) is 0.429. The molecule has 1 aromatic heterocycles. The Hall–Kier alpha value is -2.98. The van der Waals surface area contributed by atoms with Gasteiger partial charge in [-0.1, -0.05) is 23.2 Å². The Morgan fingerprint density at radius 3 is 2.68 bits per heavy atom. The molecule has 1 fully saturated rings. The topological polar surface area (TPSA) is 66.1 Å². The minimum absolute atomic E-state index is 0.295. The van der Waals surface area contributed by atoms with Crippen LogP contribution in [0.25, 0.3) is 0 Å². The molecule has 1 N–H and O–H groups in total. The Bertz CT molecular complexity index is 772. The quantitative estimate of drug-likeness (QED) is 0.447. The van der Waals surface area contributed by atoms with Gasteiger partial charge in [-0.2, -0.15) is 0 Å². The molecule has 0 bridgehead atoms. The first-order chi connectivity index (χ1) is 13.8. The van der Waals surface area contributed by atoms with Gasteiger partial charge in [-0.25, -0.2) is 0 Å². The highest BCUT2D eigenvalue weighted by atomic mass is 16.5. The fourth-order valence-electron chi connectivity index (χ4n) is 3.19. The van der Waals surface area contributed by atoms with E-state index in [2.05, 4.69) is 43.3 Å². The predicted molar refractivity (Wildman–Crippen MR) is 109 cm³/mol. The minimum atomic E-state index is 0.295. The molecule has 1 aliphatic heterocycles. The molecule has 0 unspecified atom stereocenters. The summed E-state index contributed by atoms with van der Waals surface area (Å²) in [5, 5.41) is 7.46. The molecule has 3 rings (SSSR count). The fourth-order valence-corrected chi connectivity index (χ4v) is 3.19. The van der Waals surface area contributed by atoms with Crippen molar-refractivity contribution >= 4 is 5.96 Å². The smallest absolute Gasteiger partial charge is 0.193 e. The van der Waals surface area contributed by atoms with E-state index in [1.807, 2.05) is 25.2 Å². The SMILES string of the molecule is C#CCOc1ccc(CCNC(=NC)N2CCN(Cc3ccon3)CC2)cc1. The molecule has 0 radical (unpaired) electrons. The summed E-state index contributed by atoms with van der Waals surface area (Å²) in [6, 6.07) is 9.96. The average Bonchev–Trinajstić information content (AvgIpc) is 3.24. The van der Waals surface area contributed by atoms with Gasteiger partial charge in [0, 0.05) is 52.4 Å². The summed E-state index contributed by atoms with van der Waals surface area (Å²) in [6.07, 6.45) is 7.74.